The molecule has 0 aliphatic carbocycles. The Morgan fingerprint density at radius 1 is 1.44 bits per heavy atom. The predicted octanol–water partition coefficient (Wildman–Crippen LogP) is 2.32. The smallest absolute Gasteiger partial charge is 0.00722 e. The highest BCUT2D eigenvalue weighted by molar-refractivity contribution is 5.04. The van der Waals surface area contributed by atoms with E-state index in [1.165, 1.54) is 0 Å². The van der Waals surface area contributed by atoms with Crippen LogP contribution in [0.3, 0.4) is 0 Å². The summed E-state index contributed by atoms with van der Waals surface area (Å²) in [6.45, 7) is 9.52. The van der Waals surface area contributed by atoms with Crippen LogP contribution in [0, 0.1) is 0 Å². The molecule has 0 spiro atoms. The summed E-state index contributed by atoms with van der Waals surface area (Å²) in [6.07, 6.45) is 3.67. The van der Waals surface area contributed by atoms with Crippen LogP contribution in [0.15, 0.2) is 24.4 Å². The molecule has 0 aromatic carbocycles. The quantitative estimate of drug-likeness (QED) is 0.561. The van der Waals surface area contributed by atoms with E-state index in [9.17, 15) is 0 Å². The van der Waals surface area contributed by atoms with Crippen LogP contribution in [0.4, 0.5) is 0 Å². The van der Waals surface area contributed by atoms with Crippen molar-refractivity contribution in [2.24, 2.45) is 0 Å². The first-order valence-electron chi connectivity index (χ1n) is 3.28. The fraction of sp³-hybridized carbons (Fsp3) is 0.500. The molecule has 0 aliphatic rings. The van der Waals surface area contributed by atoms with Crippen molar-refractivity contribution in [3.63, 3.8) is 0 Å². The number of hydrogen-bond acceptors (Lipinski definition) is 1. The van der Waals surface area contributed by atoms with Crippen LogP contribution < -0.4 is 5.32 Å². The summed E-state index contributed by atoms with van der Waals surface area (Å²) in [5.41, 5.74) is 1.13. The van der Waals surface area contributed by atoms with Crippen molar-refractivity contribution in [2.75, 3.05) is 7.05 Å². The molecule has 0 saturated heterocycles. The van der Waals surface area contributed by atoms with Gasteiger partial charge in [0.15, 0.2) is 0 Å². The highest BCUT2D eigenvalue weighted by atomic mass is 14.8. The van der Waals surface area contributed by atoms with Crippen LogP contribution >= 0.6 is 0 Å². The molecule has 0 fully saturated rings. The third-order valence-corrected chi connectivity index (χ3v) is 0.762. The first kappa shape index (κ1) is 11.1. The Kier molecular flexibility index (Phi) is 12.7. The van der Waals surface area contributed by atoms with Gasteiger partial charge in [0.25, 0.3) is 0 Å². The van der Waals surface area contributed by atoms with Crippen LogP contribution in [-0.4, -0.2) is 7.05 Å². The molecule has 0 aromatic rings. The van der Waals surface area contributed by atoms with Gasteiger partial charge in [-0.15, -0.1) is 0 Å². The highest BCUT2D eigenvalue weighted by Gasteiger charge is 1.71. The first-order valence-corrected chi connectivity index (χ1v) is 3.28. The summed E-state index contributed by atoms with van der Waals surface area (Å²) in [7, 11) is 1.88. The van der Waals surface area contributed by atoms with E-state index in [0.29, 0.717) is 0 Å². The maximum absolute atomic E-state index is 3.53. The van der Waals surface area contributed by atoms with Crippen LogP contribution in [0.5, 0.6) is 0 Å². The molecule has 0 saturated carbocycles. The van der Waals surface area contributed by atoms with E-state index in [4.69, 9.17) is 0 Å². The third kappa shape index (κ3) is 11.1. The van der Waals surface area contributed by atoms with E-state index in [2.05, 4.69) is 11.9 Å². The summed E-state index contributed by atoms with van der Waals surface area (Å²) in [6, 6.07) is 0. The molecular formula is C8H17N. The van der Waals surface area contributed by atoms with Crippen molar-refractivity contribution < 1.29 is 0 Å². The van der Waals surface area contributed by atoms with Gasteiger partial charge >= 0.3 is 0 Å². The fourth-order valence-corrected chi connectivity index (χ4v) is 0.260. The molecule has 1 N–H and O–H groups in total. The van der Waals surface area contributed by atoms with Gasteiger partial charge in [-0.05, 0) is 13.0 Å². The SMILES string of the molecule is C=C/C=C(\C)NC.CC. The topological polar surface area (TPSA) is 12.0 Å². The molecule has 0 amide bonds. The van der Waals surface area contributed by atoms with E-state index in [-0.39, 0.29) is 0 Å². The Hall–Kier alpha value is -0.720. The minimum Gasteiger partial charge on any atom is -0.392 e. The van der Waals surface area contributed by atoms with Crippen molar-refractivity contribution in [1.82, 2.24) is 5.32 Å². The summed E-state index contributed by atoms with van der Waals surface area (Å²) in [5.74, 6) is 0. The molecule has 0 aromatic heterocycles. The van der Waals surface area contributed by atoms with E-state index in [1.54, 1.807) is 6.08 Å². The highest BCUT2D eigenvalue weighted by Crippen LogP contribution is 1.81. The van der Waals surface area contributed by atoms with Gasteiger partial charge in [0.1, 0.15) is 0 Å². The van der Waals surface area contributed by atoms with Gasteiger partial charge in [-0.3, -0.25) is 0 Å². The molecule has 0 aliphatic heterocycles. The lowest BCUT2D eigenvalue weighted by molar-refractivity contribution is 0.991. The Labute approximate surface area is 58.5 Å². The zero-order chi connectivity index (χ0) is 7.70. The normalized spacial score (nSPS) is 9.11. The number of rotatable bonds is 2. The standard InChI is InChI=1S/C6H11N.C2H6/c1-4-5-6(2)7-3;1-2/h4-5,7H,1H2,2-3H3;1-2H3/b6-5+;. The first-order chi connectivity index (χ1) is 4.31. The minimum atomic E-state index is 1.13. The lowest BCUT2D eigenvalue weighted by Gasteiger charge is -1.92. The average Bonchev–Trinajstić information content (AvgIpc) is 1.93. The van der Waals surface area contributed by atoms with Crippen molar-refractivity contribution in [1.29, 1.82) is 0 Å². The van der Waals surface area contributed by atoms with Gasteiger partial charge < -0.3 is 5.32 Å². The van der Waals surface area contributed by atoms with Crippen molar-refractivity contribution in [2.45, 2.75) is 20.8 Å². The molecular weight excluding hydrogens is 110 g/mol. The molecule has 0 atom stereocenters. The number of nitrogens with one attached hydrogen (secondary N) is 1. The number of allylic oxidation sites excluding steroid dienone is 3. The lowest BCUT2D eigenvalue weighted by Crippen LogP contribution is -1.99. The summed E-state index contributed by atoms with van der Waals surface area (Å²) in [5, 5.41) is 2.96. The van der Waals surface area contributed by atoms with E-state index < -0.39 is 0 Å². The molecule has 0 bridgehead atoms. The average molecular weight is 127 g/mol. The molecule has 1 nitrogen and oxygen atoms in total. The van der Waals surface area contributed by atoms with Crippen LogP contribution in [0.25, 0.3) is 0 Å². The summed E-state index contributed by atoms with van der Waals surface area (Å²) < 4.78 is 0. The van der Waals surface area contributed by atoms with Gasteiger partial charge in [0.2, 0.25) is 0 Å². The summed E-state index contributed by atoms with van der Waals surface area (Å²) in [4.78, 5) is 0. The third-order valence-electron chi connectivity index (χ3n) is 0.762. The van der Waals surface area contributed by atoms with Crippen molar-refractivity contribution >= 4 is 0 Å². The molecule has 54 valence electrons. The second kappa shape index (κ2) is 10.3. The van der Waals surface area contributed by atoms with Crippen LogP contribution in [0.2, 0.25) is 0 Å². The molecule has 0 radical (unpaired) electrons. The van der Waals surface area contributed by atoms with Gasteiger partial charge in [-0.1, -0.05) is 26.5 Å². The molecule has 1 heteroatoms. The Morgan fingerprint density at radius 3 is 2.00 bits per heavy atom. The minimum absolute atomic E-state index is 1.13. The second-order valence-corrected chi connectivity index (χ2v) is 1.34. The Balaban J connectivity index is 0. The van der Waals surface area contributed by atoms with E-state index in [0.717, 1.165) is 5.70 Å². The molecule has 0 unspecified atom stereocenters. The van der Waals surface area contributed by atoms with Gasteiger partial charge in [0.05, 0.1) is 0 Å². The van der Waals surface area contributed by atoms with Gasteiger partial charge in [0, 0.05) is 12.7 Å². The second-order valence-electron chi connectivity index (χ2n) is 1.34. The van der Waals surface area contributed by atoms with E-state index >= 15 is 0 Å². The van der Waals surface area contributed by atoms with Crippen LogP contribution in [-0.2, 0) is 0 Å². The Morgan fingerprint density at radius 2 is 1.89 bits per heavy atom. The monoisotopic (exact) mass is 127 g/mol. The zero-order valence-corrected chi connectivity index (χ0v) is 6.86. The maximum Gasteiger partial charge on any atom is 0.00722 e. The molecule has 0 rings (SSSR count). The summed E-state index contributed by atoms with van der Waals surface area (Å²) >= 11 is 0. The van der Waals surface area contributed by atoms with Crippen LogP contribution in [0.1, 0.15) is 20.8 Å². The molecule has 9 heavy (non-hydrogen) atoms. The van der Waals surface area contributed by atoms with E-state index in [1.807, 2.05) is 33.9 Å². The van der Waals surface area contributed by atoms with Crippen molar-refractivity contribution in [3.05, 3.63) is 24.4 Å². The zero-order valence-electron chi connectivity index (χ0n) is 6.86. The lowest BCUT2D eigenvalue weighted by atomic mass is 10.4. The molecule has 0 heterocycles. The van der Waals surface area contributed by atoms with Gasteiger partial charge in [-0.2, -0.15) is 0 Å². The predicted molar refractivity (Wildman–Crippen MR) is 44.4 cm³/mol. The fourth-order valence-electron chi connectivity index (χ4n) is 0.260. The maximum atomic E-state index is 3.53. The van der Waals surface area contributed by atoms with Gasteiger partial charge in [-0.25, -0.2) is 0 Å². The number of hydrogen-bond donors (Lipinski definition) is 1. The Bertz CT molecular complexity index is 82.6. The van der Waals surface area contributed by atoms with Crippen molar-refractivity contribution in [3.8, 4) is 0 Å². The largest absolute Gasteiger partial charge is 0.392 e.